The van der Waals surface area contributed by atoms with Crippen molar-refractivity contribution in [2.45, 2.75) is 27.7 Å². The first-order valence-electron chi connectivity index (χ1n) is 5.65. The summed E-state index contributed by atoms with van der Waals surface area (Å²) < 4.78 is 0.678. The highest BCUT2D eigenvalue weighted by molar-refractivity contribution is 7.71. The molecular weight excluding hydrogens is 228 g/mol. The standard InChI is InChI=1S/C14H16N2S/c1-8-6-5-7-12(9(8)2)13-10(3)14(17)16-11(4)15-13/h5-7H,1-4H3,(H,15,16,17). The molecule has 1 heterocycles. The Hall–Kier alpha value is -1.48. The fourth-order valence-corrected chi connectivity index (χ4v) is 2.18. The number of hydrogen-bond acceptors (Lipinski definition) is 2. The summed E-state index contributed by atoms with van der Waals surface area (Å²) in [5.74, 6) is 0.858. The minimum absolute atomic E-state index is 0.678. The van der Waals surface area contributed by atoms with Crippen molar-refractivity contribution in [2.24, 2.45) is 0 Å². The molecule has 0 unspecified atom stereocenters. The summed E-state index contributed by atoms with van der Waals surface area (Å²) in [6.07, 6.45) is 0. The van der Waals surface area contributed by atoms with Crippen LogP contribution in [0.1, 0.15) is 22.5 Å². The molecule has 0 atom stereocenters. The highest BCUT2D eigenvalue weighted by Crippen LogP contribution is 2.26. The van der Waals surface area contributed by atoms with Crippen molar-refractivity contribution in [3.63, 3.8) is 0 Å². The lowest BCUT2D eigenvalue weighted by molar-refractivity contribution is 1.02. The van der Waals surface area contributed by atoms with Crippen molar-refractivity contribution in [3.05, 3.63) is 45.4 Å². The molecule has 2 rings (SSSR count). The van der Waals surface area contributed by atoms with Gasteiger partial charge in [-0.05, 0) is 38.8 Å². The van der Waals surface area contributed by atoms with E-state index in [0.29, 0.717) is 4.64 Å². The molecule has 2 aromatic rings. The zero-order valence-corrected chi connectivity index (χ0v) is 11.4. The predicted molar refractivity (Wildman–Crippen MR) is 73.8 cm³/mol. The third kappa shape index (κ3) is 2.15. The molecule has 0 aliphatic rings. The Kier molecular flexibility index (Phi) is 3.11. The van der Waals surface area contributed by atoms with Crippen LogP contribution in [0, 0.1) is 32.3 Å². The molecule has 1 aromatic carbocycles. The van der Waals surface area contributed by atoms with Gasteiger partial charge in [-0.1, -0.05) is 30.4 Å². The normalized spacial score (nSPS) is 10.6. The summed E-state index contributed by atoms with van der Waals surface area (Å²) >= 11 is 5.27. The second-order valence-corrected chi connectivity index (χ2v) is 4.76. The second-order valence-electron chi connectivity index (χ2n) is 4.37. The van der Waals surface area contributed by atoms with Crippen LogP contribution in [0.25, 0.3) is 11.3 Å². The summed E-state index contributed by atoms with van der Waals surface area (Å²) in [7, 11) is 0. The Bertz CT molecular complexity index is 627. The predicted octanol–water partition coefficient (Wildman–Crippen LogP) is 4.04. The molecule has 3 heteroatoms. The molecule has 0 bridgehead atoms. The molecule has 88 valence electrons. The Morgan fingerprint density at radius 2 is 1.76 bits per heavy atom. The van der Waals surface area contributed by atoms with Crippen LogP contribution < -0.4 is 0 Å². The Balaban J connectivity index is 2.77. The molecular formula is C14H16N2S. The van der Waals surface area contributed by atoms with Gasteiger partial charge in [0.25, 0.3) is 0 Å². The first-order chi connectivity index (χ1) is 8.00. The van der Waals surface area contributed by atoms with Crippen LogP contribution in [0.15, 0.2) is 18.2 Å². The van der Waals surface area contributed by atoms with Crippen molar-refractivity contribution in [1.82, 2.24) is 9.97 Å². The Labute approximate surface area is 107 Å². The van der Waals surface area contributed by atoms with Gasteiger partial charge in [0.05, 0.1) is 5.69 Å². The van der Waals surface area contributed by atoms with E-state index < -0.39 is 0 Å². The molecule has 0 fully saturated rings. The van der Waals surface area contributed by atoms with Gasteiger partial charge in [0.1, 0.15) is 10.5 Å². The fourth-order valence-electron chi connectivity index (χ4n) is 1.94. The van der Waals surface area contributed by atoms with Gasteiger partial charge < -0.3 is 4.98 Å². The van der Waals surface area contributed by atoms with Gasteiger partial charge in [0.2, 0.25) is 0 Å². The minimum atomic E-state index is 0.678. The minimum Gasteiger partial charge on any atom is -0.343 e. The monoisotopic (exact) mass is 244 g/mol. The van der Waals surface area contributed by atoms with Crippen molar-refractivity contribution in [3.8, 4) is 11.3 Å². The third-order valence-electron chi connectivity index (χ3n) is 3.14. The quantitative estimate of drug-likeness (QED) is 0.767. The van der Waals surface area contributed by atoms with Crippen LogP contribution in [0.2, 0.25) is 0 Å². The second kappa shape index (κ2) is 4.41. The maximum absolute atomic E-state index is 5.27. The van der Waals surface area contributed by atoms with Gasteiger partial charge in [-0.15, -0.1) is 0 Å². The summed E-state index contributed by atoms with van der Waals surface area (Å²) in [5, 5.41) is 0. The van der Waals surface area contributed by atoms with Crippen molar-refractivity contribution in [1.29, 1.82) is 0 Å². The van der Waals surface area contributed by atoms with Crippen LogP contribution in [-0.4, -0.2) is 9.97 Å². The Morgan fingerprint density at radius 3 is 2.47 bits per heavy atom. The van der Waals surface area contributed by atoms with E-state index in [1.165, 1.54) is 16.7 Å². The van der Waals surface area contributed by atoms with Gasteiger partial charge in [-0.3, -0.25) is 0 Å². The van der Waals surface area contributed by atoms with Crippen molar-refractivity contribution in [2.75, 3.05) is 0 Å². The maximum atomic E-state index is 5.27. The lowest BCUT2D eigenvalue weighted by Gasteiger charge is -2.12. The molecule has 0 radical (unpaired) electrons. The number of nitrogens with zero attached hydrogens (tertiary/aromatic N) is 1. The first-order valence-corrected chi connectivity index (χ1v) is 6.05. The summed E-state index contributed by atoms with van der Waals surface area (Å²) in [6.45, 7) is 8.21. The molecule has 1 aromatic heterocycles. The van der Waals surface area contributed by atoms with E-state index in [-0.39, 0.29) is 0 Å². The van der Waals surface area contributed by atoms with Crippen LogP contribution >= 0.6 is 12.2 Å². The topological polar surface area (TPSA) is 28.7 Å². The highest BCUT2D eigenvalue weighted by Gasteiger charge is 2.09. The lowest BCUT2D eigenvalue weighted by Crippen LogP contribution is -1.98. The van der Waals surface area contributed by atoms with E-state index in [0.717, 1.165) is 17.1 Å². The number of benzene rings is 1. The first kappa shape index (κ1) is 12.0. The average molecular weight is 244 g/mol. The summed E-state index contributed by atoms with van der Waals surface area (Å²) in [6, 6.07) is 6.32. The van der Waals surface area contributed by atoms with E-state index in [4.69, 9.17) is 12.2 Å². The maximum Gasteiger partial charge on any atom is 0.133 e. The van der Waals surface area contributed by atoms with Crippen LogP contribution in [0.5, 0.6) is 0 Å². The van der Waals surface area contributed by atoms with Gasteiger partial charge in [0, 0.05) is 11.1 Å². The molecule has 1 N–H and O–H groups in total. The van der Waals surface area contributed by atoms with Gasteiger partial charge in [-0.2, -0.15) is 0 Å². The number of aromatic amines is 1. The number of aryl methyl sites for hydroxylation is 2. The van der Waals surface area contributed by atoms with Crippen LogP contribution in [0.4, 0.5) is 0 Å². The SMILES string of the molecule is Cc1nc(=S)c(C)c(-c2cccc(C)c2C)[nH]1. The third-order valence-corrected chi connectivity index (χ3v) is 3.54. The van der Waals surface area contributed by atoms with Crippen LogP contribution in [-0.2, 0) is 0 Å². The fraction of sp³-hybridized carbons (Fsp3) is 0.286. The smallest absolute Gasteiger partial charge is 0.133 e. The van der Waals surface area contributed by atoms with Crippen molar-refractivity contribution < 1.29 is 0 Å². The van der Waals surface area contributed by atoms with Gasteiger partial charge >= 0.3 is 0 Å². The van der Waals surface area contributed by atoms with E-state index in [2.05, 4.69) is 42.0 Å². The van der Waals surface area contributed by atoms with E-state index in [1.54, 1.807) is 0 Å². The number of hydrogen-bond donors (Lipinski definition) is 1. The molecule has 0 saturated heterocycles. The lowest BCUT2D eigenvalue weighted by atomic mass is 9.99. The van der Waals surface area contributed by atoms with Gasteiger partial charge in [-0.25, -0.2) is 4.98 Å². The number of nitrogens with one attached hydrogen (secondary N) is 1. The highest BCUT2D eigenvalue weighted by atomic mass is 32.1. The Morgan fingerprint density at radius 1 is 1.06 bits per heavy atom. The molecule has 0 saturated carbocycles. The van der Waals surface area contributed by atoms with Crippen LogP contribution in [0.3, 0.4) is 0 Å². The largest absolute Gasteiger partial charge is 0.343 e. The van der Waals surface area contributed by atoms with E-state index >= 15 is 0 Å². The van der Waals surface area contributed by atoms with E-state index in [1.807, 2.05) is 13.8 Å². The summed E-state index contributed by atoms with van der Waals surface area (Å²) in [4.78, 5) is 7.59. The summed E-state index contributed by atoms with van der Waals surface area (Å²) in [5.41, 5.74) is 5.91. The number of aromatic nitrogens is 2. The molecule has 0 spiro atoms. The molecule has 0 amide bonds. The molecule has 2 nitrogen and oxygen atoms in total. The zero-order chi connectivity index (χ0) is 12.6. The number of H-pyrrole nitrogens is 1. The zero-order valence-electron chi connectivity index (χ0n) is 10.6. The molecule has 0 aliphatic carbocycles. The average Bonchev–Trinajstić information content (AvgIpc) is 2.27. The number of rotatable bonds is 1. The molecule has 0 aliphatic heterocycles. The van der Waals surface area contributed by atoms with Crippen molar-refractivity contribution >= 4 is 12.2 Å². The van der Waals surface area contributed by atoms with Gasteiger partial charge in [0.15, 0.2) is 0 Å². The van der Waals surface area contributed by atoms with E-state index in [9.17, 15) is 0 Å². The molecule has 17 heavy (non-hydrogen) atoms.